The van der Waals surface area contributed by atoms with Crippen LogP contribution >= 0.6 is 0 Å². The van der Waals surface area contributed by atoms with Crippen molar-refractivity contribution in [2.24, 2.45) is 7.05 Å². The molecule has 0 N–H and O–H groups in total. The highest BCUT2D eigenvalue weighted by Gasteiger charge is 2.26. The van der Waals surface area contributed by atoms with E-state index in [2.05, 4.69) is 4.98 Å². The quantitative estimate of drug-likeness (QED) is 0.770. The second-order valence-corrected chi connectivity index (χ2v) is 8.71. The van der Waals surface area contributed by atoms with Gasteiger partial charge in [0.1, 0.15) is 11.8 Å². The van der Waals surface area contributed by atoms with Crippen LogP contribution in [0.15, 0.2) is 36.7 Å². The fourth-order valence-corrected chi connectivity index (χ4v) is 3.50. The fraction of sp³-hybridized carbons (Fsp3) is 0.444. The molecular weight excluding hydrogens is 368 g/mol. The predicted octanol–water partition coefficient (Wildman–Crippen LogP) is 1.50. The molecule has 146 valence electrons. The van der Waals surface area contributed by atoms with E-state index >= 15 is 0 Å². The number of amides is 1. The summed E-state index contributed by atoms with van der Waals surface area (Å²) in [6.45, 7) is 1.26. The lowest BCUT2D eigenvalue weighted by atomic mass is 10.1. The van der Waals surface area contributed by atoms with Gasteiger partial charge in [-0.15, -0.1) is 0 Å². The van der Waals surface area contributed by atoms with E-state index in [0.717, 1.165) is 23.4 Å². The van der Waals surface area contributed by atoms with Crippen LogP contribution in [-0.4, -0.2) is 61.3 Å². The van der Waals surface area contributed by atoms with Gasteiger partial charge < -0.3 is 14.2 Å². The number of anilines is 1. The molecule has 3 heterocycles. The molecule has 2 aromatic heterocycles. The average molecular weight is 392 g/mol. The minimum atomic E-state index is -3.32. The van der Waals surface area contributed by atoms with Gasteiger partial charge in [0.15, 0.2) is 0 Å². The maximum atomic E-state index is 12.5. The number of ether oxygens (including phenoxy) is 1. The first-order valence-corrected chi connectivity index (χ1v) is 10.6. The molecule has 0 radical (unpaired) electrons. The summed E-state index contributed by atoms with van der Waals surface area (Å²) in [6.07, 6.45) is 5.91. The van der Waals surface area contributed by atoms with Crippen molar-refractivity contribution >= 4 is 21.6 Å². The Morgan fingerprint density at radius 1 is 1.26 bits per heavy atom. The van der Waals surface area contributed by atoms with E-state index in [1.807, 2.05) is 34.8 Å². The molecule has 1 amide bonds. The molecule has 0 aliphatic carbocycles. The molecule has 0 spiro atoms. The van der Waals surface area contributed by atoms with Gasteiger partial charge in [0.2, 0.25) is 15.9 Å². The summed E-state index contributed by atoms with van der Waals surface area (Å²) in [6, 6.07) is 7.01. The van der Waals surface area contributed by atoms with E-state index in [1.165, 1.54) is 13.2 Å². The number of carbonyl (C=O) groups excluding carboxylic acids is 1. The van der Waals surface area contributed by atoms with Crippen LogP contribution in [0.1, 0.15) is 23.3 Å². The number of piperidine rings is 1. The minimum absolute atomic E-state index is 0.0200. The third-order valence-corrected chi connectivity index (χ3v) is 5.97. The van der Waals surface area contributed by atoms with Crippen molar-refractivity contribution in [3.63, 3.8) is 0 Å². The van der Waals surface area contributed by atoms with Crippen molar-refractivity contribution in [3.05, 3.63) is 42.4 Å². The van der Waals surface area contributed by atoms with Crippen LogP contribution < -0.4 is 9.04 Å². The van der Waals surface area contributed by atoms with E-state index in [1.54, 1.807) is 12.1 Å². The first-order chi connectivity index (χ1) is 12.8. The monoisotopic (exact) mass is 392 g/mol. The van der Waals surface area contributed by atoms with Crippen LogP contribution in [-0.2, 0) is 17.1 Å². The van der Waals surface area contributed by atoms with Gasteiger partial charge in [-0.1, -0.05) is 0 Å². The van der Waals surface area contributed by atoms with Crippen LogP contribution in [0.4, 0.5) is 5.69 Å². The number of carbonyl (C=O) groups is 1. The molecule has 1 aliphatic heterocycles. The van der Waals surface area contributed by atoms with Crippen LogP contribution in [0, 0.1) is 0 Å². The van der Waals surface area contributed by atoms with E-state index < -0.39 is 10.0 Å². The van der Waals surface area contributed by atoms with Crippen molar-refractivity contribution < 1.29 is 17.9 Å². The summed E-state index contributed by atoms with van der Waals surface area (Å²) in [5.41, 5.74) is 1.16. The third kappa shape index (κ3) is 4.41. The normalized spacial score (nSPS) is 15.6. The molecule has 2 aromatic rings. The molecule has 0 atom stereocenters. The lowest BCUT2D eigenvalue weighted by Crippen LogP contribution is -2.42. The molecule has 0 saturated carbocycles. The summed E-state index contributed by atoms with van der Waals surface area (Å²) < 4.78 is 32.0. The number of likely N-dealkylation sites (tertiary alicyclic amines) is 1. The number of aromatic nitrogens is 2. The van der Waals surface area contributed by atoms with Gasteiger partial charge in [-0.3, -0.25) is 9.10 Å². The van der Waals surface area contributed by atoms with Crippen molar-refractivity contribution in [1.29, 1.82) is 0 Å². The Kier molecular flexibility index (Phi) is 5.41. The van der Waals surface area contributed by atoms with Gasteiger partial charge in [-0.2, -0.15) is 0 Å². The highest BCUT2D eigenvalue weighted by atomic mass is 32.2. The Bertz CT molecular complexity index is 900. The van der Waals surface area contributed by atoms with E-state index in [-0.39, 0.29) is 12.0 Å². The van der Waals surface area contributed by atoms with Gasteiger partial charge in [-0.25, -0.2) is 13.4 Å². The highest BCUT2D eigenvalue weighted by Crippen LogP contribution is 2.21. The molecule has 0 bridgehead atoms. The summed E-state index contributed by atoms with van der Waals surface area (Å²) in [4.78, 5) is 18.6. The zero-order valence-electron chi connectivity index (χ0n) is 15.7. The Hall–Kier alpha value is -2.55. The second-order valence-electron chi connectivity index (χ2n) is 6.70. The molecule has 1 fully saturated rings. The van der Waals surface area contributed by atoms with Crippen LogP contribution in [0.25, 0.3) is 0 Å². The fourth-order valence-electron chi connectivity index (χ4n) is 3.01. The largest absolute Gasteiger partial charge is 0.474 e. The molecule has 27 heavy (non-hydrogen) atoms. The van der Waals surface area contributed by atoms with Gasteiger partial charge in [-0.05, 0) is 18.2 Å². The number of rotatable bonds is 5. The number of hydrogen-bond acceptors (Lipinski definition) is 5. The average Bonchev–Trinajstić information content (AvgIpc) is 3.07. The van der Waals surface area contributed by atoms with Crippen molar-refractivity contribution in [3.8, 4) is 5.88 Å². The van der Waals surface area contributed by atoms with E-state index in [4.69, 9.17) is 4.74 Å². The smallest absolute Gasteiger partial charge is 0.270 e. The van der Waals surface area contributed by atoms with Crippen molar-refractivity contribution in [2.45, 2.75) is 18.9 Å². The SMILES string of the molecule is CN(c1ccc(OC2CCN(C(=O)c3cccn3C)CC2)nc1)S(C)(=O)=O. The molecule has 1 saturated heterocycles. The summed E-state index contributed by atoms with van der Waals surface area (Å²) in [5.74, 6) is 0.486. The Morgan fingerprint density at radius 3 is 2.48 bits per heavy atom. The predicted molar refractivity (Wildman–Crippen MR) is 102 cm³/mol. The number of pyridine rings is 1. The zero-order valence-corrected chi connectivity index (χ0v) is 16.5. The second kappa shape index (κ2) is 7.59. The maximum absolute atomic E-state index is 12.5. The lowest BCUT2D eigenvalue weighted by Gasteiger charge is -2.32. The highest BCUT2D eigenvalue weighted by molar-refractivity contribution is 7.92. The molecule has 1 aliphatic rings. The number of sulfonamides is 1. The van der Waals surface area contributed by atoms with Gasteiger partial charge in [0.05, 0.1) is 18.1 Å². The van der Waals surface area contributed by atoms with Gasteiger partial charge >= 0.3 is 0 Å². The van der Waals surface area contributed by atoms with Crippen molar-refractivity contribution in [2.75, 3.05) is 30.7 Å². The molecular formula is C18H24N4O4S. The number of nitrogens with zero attached hydrogens (tertiary/aromatic N) is 4. The summed E-state index contributed by atoms with van der Waals surface area (Å²) in [7, 11) is 0.0206. The van der Waals surface area contributed by atoms with Gasteiger partial charge in [0, 0.05) is 52.3 Å². The van der Waals surface area contributed by atoms with Crippen LogP contribution in [0.3, 0.4) is 0 Å². The molecule has 0 unspecified atom stereocenters. The van der Waals surface area contributed by atoms with E-state index in [0.29, 0.717) is 30.4 Å². The molecule has 0 aromatic carbocycles. The number of hydrogen-bond donors (Lipinski definition) is 0. The third-order valence-electron chi connectivity index (χ3n) is 4.76. The maximum Gasteiger partial charge on any atom is 0.270 e. The molecule has 8 nitrogen and oxygen atoms in total. The molecule has 3 rings (SSSR count). The topological polar surface area (TPSA) is 84.7 Å². The lowest BCUT2D eigenvalue weighted by molar-refractivity contribution is 0.0579. The Morgan fingerprint density at radius 2 is 1.96 bits per heavy atom. The van der Waals surface area contributed by atoms with Crippen LogP contribution in [0.2, 0.25) is 0 Å². The Balaban J connectivity index is 1.55. The molecule has 9 heteroatoms. The standard InChI is InChI=1S/C18H24N4O4S/c1-20-10-4-5-16(20)18(23)22-11-8-15(9-12-22)26-17-7-6-14(13-19-17)21(2)27(3,24)25/h4-7,10,13,15H,8-9,11-12H2,1-3H3. The summed E-state index contributed by atoms with van der Waals surface area (Å²) >= 11 is 0. The first kappa shape index (κ1) is 19.2. The zero-order chi connectivity index (χ0) is 19.6. The summed E-state index contributed by atoms with van der Waals surface area (Å²) in [5, 5.41) is 0. The first-order valence-electron chi connectivity index (χ1n) is 8.73. The minimum Gasteiger partial charge on any atom is -0.474 e. The van der Waals surface area contributed by atoms with Crippen LogP contribution in [0.5, 0.6) is 5.88 Å². The Labute approximate surface area is 159 Å². The number of aryl methyl sites for hydroxylation is 1. The van der Waals surface area contributed by atoms with Crippen molar-refractivity contribution in [1.82, 2.24) is 14.5 Å². The van der Waals surface area contributed by atoms with E-state index in [9.17, 15) is 13.2 Å². The van der Waals surface area contributed by atoms with Gasteiger partial charge in [0.25, 0.3) is 5.91 Å².